The van der Waals surface area contributed by atoms with E-state index in [0.29, 0.717) is 21.6 Å². The molecule has 0 saturated carbocycles. The van der Waals surface area contributed by atoms with Crippen LogP contribution in [0.5, 0.6) is 0 Å². The lowest BCUT2D eigenvalue weighted by Gasteiger charge is -2.17. The Morgan fingerprint density at radius 2 is 1.65 bits per heavy atom. The van der Waals surface area contributed by atoms with Crippen molar-refractivity contribution < 1.29 is 0 Å². The zero-order valence-corrected chi connectivity index (χ0v) is 13.0. The highest BCUT2D eigenvalue weighted by atomic mass is 35.5. The molecule has 1 aromatic heterocycles. The van der Waals surface area contributed by atoms with E-state index in [4.69, 9.17) is 23.2 Å². The number of rotatable bonds is 4. The van der Waals surface area contributed by atoms with Gasteiger partial charge in [0.1, 0.15) is 18.0 Å². The van der Waals surface area contributed by atoms with Crippen molar-refractivity contribution in [3.63, 3.8) is 0 Å². The van der Waals surface area contributed by atoms with Crippen molar-refractivity contribution in [3.05, 3.63) is 40.1 Å². The molecule has 6 heteroatoms. The summed E-state index contributed by atoms with van der Waals surface area (Å²) in [5, 5.41) is 7.39. The molecule has 1 aromatic carbocycles. The van der Waals surface area contributed by atoms with Crippen molar-refractivity contribution in [2.24, 2.45) is 0 Å². The van der Waals surface area contributed by atoms with Gasteiger partial charge in [0.15, 0.2) is 0 Å². The minimum Gasteiger partial charge on any atom is -0.373 e. The number of nitrogens with zero attached hydrogens (tertiary/aromatic N) is 2. The van der Waals surface area contributed by atoms with Gasteiger partial charge in [-0.05, 0) is 18.1 Å². The monoisotopic (exact) mass is 310 g/mol. The van der Waals surface area contributed by atoms with Crippen LogP contribution in [0.2, 0.25) is 10.0 Å². The first-order chi connectivity index (χ1) is 9.54. The SMILES string of the molecule is CNc1ncnc(Nc2c(Cl)cccc2Cl)c1C(C)C. The third-order valence-electron chi connectivity index (χ3n) is 2.90. The summed E-state index contributed by atoms with van der Waals surface area (Å²) in [4.78, 5) is 8.54. The van der Waals surface area contributed by atoms with Crippen molar-refractivity contribution in [3.8, 4) is 0 Å². The van der Waals surface area contributed by atoms with Crippen LogP contribution in [0, 0.1) is 0 Å². The van der Waals surface area contributed by atoms with Crippen LogP contribution in [0.15, 0.2) is 24.5 Å². The van der Waals surface area contributed by atoms with Crippen LogP contribution in [0.1, 0.15) is 25.3 Å². The van der Waals surface area contributed by atoms with E-state index in [1.54, 1.807) is 18.2 Å². The largest absolute Gasteiger partial charge is 0.373 e. The smallest absolute Gasteiger partial charge is 0.139 e. The van der Waals surface area contributed by atoms with Crippen LogP contribution in [0.4, 0.5) is 17.3 Å². The first-order valence-electron chi connectivity index (χ1n) is 6.28. The highest BCUT2D eigenvalue weighted by molar-refractivity contribution is 6.39. The van der Waals surface area contributed by atoms with Crippen molar-refractivity contribution in [1.82, 2.24) is 9.97 Å². The number of anilines is 3. The predicted octanol–water partition coefficient (Wildman–Crippen LogP) is 4.69. The Morgan fingerprint density at radius 1 is 1.05 bits per heavy atom. The molecule has 0 fully saturated rings. The summed E-state index contributed by atoms with van der Waals surface area (Å²) in [5.41, 5.74) is 1.64. The van der Waals surface area contributed by atoms with E-state index < -0.39 is 0 Å². The van der Waals surface area contributed by atoms with Gasteiger partial charge < -0.3 is 10.6 Å². The fourth-order valence-corrected chi connectivity index (χ4v) is 2.47. The van der Waals surface area contributed by atoms with Crippen molar-refractivity contribution in [2.45, 2.75) is 19.8 Å². The number of aromatic nitrogens is 2. The van der Waals surface area contributed by atoms with Gasteiger partial charge in [0.05, 0.1) is 15.7 Å². The number of benzene rings is 1. The van der Waals surface area contributed by atoms with Crippen LogP contribution < -0.4 is 10.6 Å². The molecule has 0 atom stereocenters. The molecule has 0 bridgehead atoms. The molecule has 0 spiro atoms. The summed E-state index contributed by atoms with van der Waals surface area (Å²) >= 11 is 12.4. The predicted molar refractivity (Wildman–Crippen MR) is 85.4 cm³/mol. The van der Waals surface area contributed by atoms with E-state index in [-0.39, 0.29) is 5.92 Å². The minimum absolute atomic E-state index is 0.252. The summed E-state index contributed by atoms with van der Waals surface area (Å²) < 4.78 is 0. The molecule has 0 radical (unpaired) electrons. The average Bonchev–Trinajstić information content (AvgIpc) is 2.42. The van der Waals surface area contributed by atoms with Crippen LogP contribution in [0.3, 0.4) is 0 Å². The van der Waals surface area contributed by atoms with Gasteiger partial charge in [-0.2, -0.15) is 0 Å². The number of halogens is 2. The number of para-hydroxylation sites is 1. The molecule has 2 N–H and O–H groups in total. The van der Waals surface area contributed by atoms with Crippen LogP contribution >= 0.6 is 23.2 Å². The molecule has 106 valence electrons. The molecule has 0 aliphatic rings. The van der Waals surface area contributed by atoms with Gasteiger partial charge in [0.25, 0.3) is 0 Å². The molecule has 0 aliphatic carbocycles. The van der Waals surface area contributed by atoms with Gasteiger partial charge in [0, 0.05) is 12.6 Å². The Kier molecular flexibility index (Phi) is 4.68. The van der Waals surface area contributed by atoms with E-state index in [2.05, 4.69) is 34.4 Å². The zero-order valence-electron chi connectivity index (χ0n) is 11.5. The van der Waals surface area contributed by atoms with E-state index in [9.17, 15) is 0 Å². The molecular formula is C14H16Cl2N4. The minimum atomic E-state index is 0.252. The normalized spacial score (nSPS) is 10.7. The zero-order chi connectivity index (χ0) is 14.7. The lowest BCUT2D eigenvalue weighted by molar-refractivity contribution is 0.852. The average molecular weight is 311 g/mol. The lowest BCUT2D eigenvalue weighted by Crippen LogP contribution is -2.07. The highest BCUT2D eigenvalue weighted by Gasteiger charge is 2.16. The third-order valence-corrected chi connectivity index (χ3v) is 3.53. The molecule has 0 aliphatic heterocycles. The van der Waals surface area contributed by atoms with E-state index in [1.807, 2.05) is 7.05 Å². The Balaban J connectivity index is 2.49. The van der Waals surface area contributed by atoms with Gasteiger partial charge in [-0.25, -0.2) is 9.97 Å². The first kappa shape index (κ1) is 14.9. The Hall–Kier alpha value is -1.52. The number of hydrogen-bond donors (Lipinski definition) is 2. The van der Waals surface area contributed by atoms with Crippen molar-refractivity contribution in [2.75, 3.05) is 17.7 Å². The molecule has 0 amide bonds. The summed E-state index contributed by atoms with van der Waals surface area (Å²) in [7, 11) is 1.83. The van der Waals surface area contributed by atoms with Gasteiger partial charge in [-0.3, -0.25) is 0 Å². The Labute approximate surface area is 128 Å². The molecular weight excluding hydrogens is 295 g/mol. The van der Waals surface area contributed by atoms with E-state index >= 15 is 0 Å². The number of hydrogen-bond acceptors (Lipinski definition) is 4. The quantitative estimate of drug-likeness (QED) is 0.860. The second-order valence-corrected chi connectivity index (χ2v) is 5.43. The van der Waals surface area contributed by atoms with Crippen LogP contribution in [-0.2, 0) is 0 Å². The highest BCUT2D eigenvalue weighted by Crippen LogP contribution is 2.35. The Morgan fingerprint density at radius 3 is 2.20 bits per heavy atom. The maximum Gasteiger partial charge on any atom is 0.139 e. The van der Waals surface area contributed by atoms with Crippen molar-refractivity contribution in [1.29, 1.82) is 0 Å². The molecule has 4 nitrogen and oxygen atoms in total. The first-order valence-corrected chi connectivity index (χ1v) is 7.03. The molecule has 2 aromatic rings. The van der Waals surface area contributed by atoms with E-state index in [0.717, 1.165) is 11.4 Å². The summed E-state index contributed by atoms with van der Waals surface area (Å²) in [6, 6.07) is 5.37. The fourth-order valence-electron chi connectivity index (χ4n) is 1.98. The van der Waals surface area contributed by atoms with Crippen LogP contribution in [-0.4, -0.2) is 17.0 Å². The summed E-state index contributed by atoms with van der Waals surface area (Å²) in [5.74, 6) is 1.75. The maximum atomic E-state index is 6.18. The number of nitrogens with one attached hydrogen (secondary N) is 2. The van der Waals surface area contributed by atoms with Gasteiger partial charge in [0.2, 0.25) is 0 Å². The molecule has 20 heavy (non-hydrogen) atoms. The second-order valence-electron chi connectivity index (χ2n) is 4.61. The fraction of sp³-hybridized carbons (Fsp3) is 0.286. The van der Waals surface area contributed by atoms with Crippen molar-refractivity contribution >= 4 is 40.5 Å². The topological polar surface area (TPSA) is 49.8 Å². The molecule has 0 unspecified atom stereocenters. The van der Waals surface area contributed by atoms with E-state index in [1.165, 1.54) is 6.33 Å². The maximum absolute atomic E-state index is 6.18. The molecule has 2 rings (SSSR count). The van der Waals surface area contributed by atoms with Gasteiger partial charge in [-0.1, -0.05) is 43.1 Å². The standard InChI is InChI=1S/C14H16Cl2N4/c1-8(2)11-13(17-3)18-7-19-14(11)20-12-9(15)5-4-6-10(12)16/h4-8H,1-3H3,(H2,17,18,19,20). The molecule has 0 saturated heterocycles. The third kappa shape index (κ3) is 2.97. The lowest BCUT2D eigenvalue weighted by atomic mass is 10.0. The summed E-state index contributed by atoms with van der Waals surface area (Å²) in [6.45, 7) is 4.16. The summed E-state index contributed by atoms with van der Waals surface area (Å²) in [6.07, 6.45) is 1.50. The Bertz CT molecular complexity index is 594. The van der Waals surface area contributed by atoms with Gasteiger partial charge in [-0.15, -0.1) is 0 Å². The van der Waals surface area contributed by atoms with Gasteiger partial charge >= 0.3 is 0 Å². The van der Waals surface area contributed by atoms with Crippen LogP contribution in [0.25, 0.3) is 0 Å². The second kappa shape index (κ2) is 6.29. The molecule has 1 heterocycles.